The largest absolute Gasteiger partial charge is 0.508 e. The second-order valence-corrected chi connectivity index (χ2v) is 4.03. The molecule has 3 N–H and O–H groups in total. The van der Waals surface area contributed by atoms with Crippen molar-refractivity contribution in [3.05, 3.63) is 23.8 Å². The highest BCUT2D eigenvalue weighted by molar-refractivity contribution is 5.37. The van der Waals surface area contributed by atoms with E-state index in [4.69, 9.17) is 4.74 Å². The summed E-state index contributed by atoms with van der Waals surface area (Å²) in [6.07, 6.45) is 0. The summed E-state index contributed by atoms with van der Waals surface area (Å²) in [6.45, 7) is 4.61. The zero-order valence-corrected chi connectivity index (χ0v) is 9.90. The number of nitrogens with one attached hydrogen (secondary N) is 1. The molecule has 1 aromatic rings. The maximum Gasteiger partial charge on any atom is 0.119 e. The molecule has 2 unspecified atom stereocenters. The second kappa shape index (κ2) is 5.72. The molecule has 0 aliphatic rings. The summed E-state index contributed by atoms with van der Waals surface area (Å²) in [5.41, 5.74) is 0.848. The van der Waals surface area contributed by atoms with Crippen LogP contribution in [0, 0.1) is 0 Å². The molecule has 0 fully saturated rings. The van der Waals surface area contributed by atoms with E-state index >= 15 is 0 Å². The molecule has 0 amide bonds. The standard InChI is InChI=1S/C12H19NO3/c1-8(7-16-3)13-9(2)10-4-11(14)6-12(15)5-10/h4-6,8-9,13-15H,7H2,1-3H3. The molecule has 0 bridgehead atoms. The summed E-state index contributed by atoms with van der Waals surface area (Å²) in [6, 6.07) is 4.84. The number of hydrogen-bond acceptors (Lipinski definition) is 4. The van der Waals surface area contributed by atoms with Gasteiger partial charge in [0.2, 0.25) is 0 Å². The molecule has 0 aliphatic heterocycles. The van der Waals surface area contributed by atoms with Gasteiger partial charge in [0.05, 0.1) is 6.61 Å². The van der Waals surface area contributed by atoms with Gasteiger partial charge in [0.25, 0.3) is 0 Å². The molecular formula is C12H19NO3. The van der Waals surface area contributed by atoms with Crippen molar-refractivity contribution in [2.45, 2.75) is 25.9 Å². The predicted molar refractivity (Wildman–Crippen MR) is 62.7 cm³/mol. The summed E-state index contributed by atoms with van der Waals surface area (Å²) in [4.78, 5) is 0. The Morgan fingerprint density at radius 1 is 1.19 bits per heavy atom. The Hall–Kier alpha value is -1.26. The van der Waals surface area contributed by atoms with Crippen LogP contribution in [0.3, 0.4) is 0 Å². The fourth-order valence-corrected chi connectivity index (χ4v) is 1.69. The van der Waals surface area contributed by atoms with Gasteiger partial charge in [0.15, 0.2) is 0 Å². The Labute approximate surface area is 95.9 Å². The number of aromatic hydroxyl groups is 2. The average Bonchev–Trinajstić information content (AvgIpc) is 2.16. The Bertz CT molecular complexity index is 321. The lowest BCUT2D eigenvalue weighted by molar-refractivity contribution is 0.167. The number of benzene rings is 1. The molecule has 0 saturated carbocycles. The van der Waals surface area contributed by atoms with Crippen LogP contribution in [0.4, 0.5) is 0 Å². The van der Waals surface area contributed by atoms with Crippen LogP contribution in [0.15, 0.2) is 18.2 Å². The highest BCUT2D eigenvalue weighted by atomic mass is 16.5. The van der Waals surface area contributed by atoms with E-state index in [0.29, 0.717) is 6.61 Å². The van der Waals surface area contributed by atoms with Crippen LogP contribution < -0.4 is 5.32 Å². The minimum absolute atomic E-state index is 0.0446. The third-order valence-electron chi connectivity index (χ3n) is 2.38. The highest BCUT2D eigenvalue weighted by Gasteiger charge is 2.10. The van der Waals surface area contributed by atoms with Crippen molar-refractivity contribution in [1.29, 1.82) is 0 Å². The minimum Gasteiger partial charge on any atom is -0.508 e. The van der Waals surface area contributed by atoms with Crippen LogP contribution in [0.5, 0.6) is 11.5 Å². The van der Waals surface area contributed by atoms with Gasteiger partial charge in [0, 0.05) is 25.3 Å². The number of rotatable bonds is 5. The van der Waals surface area contributed by atoms with Crippen LogP contribution in [0.1, 0.15) is 25.5 Å². The van der Waals surface area contributed by atoms with Crippen LogP contribution in [-0.2, 0) is 4.74 Å². The summed E-state index contributed by atoms with van der Waals surface area (Å²) in [5.74, 6) is 0.145. The lowest BCUT2D eigenvalue weighted by Gasteiger charge is -2.20. The molecule has 4 heteroatoms. The lowest BCUT2D eigenvalue weighted by Crippen LogP contribution is -2.32. The maximum absolute atomic E-state index is 9.37. The average molecular weight is 225 g/mol. The first-order valence-electron chi connectivity index (χ1n) is 5.31. The first kappa shape index (κ1) is 12.8. The van der Waals surface area contributed by atoms with Crippen LogP contribution in [0.25, 0.3) is 0 Å². The van der Waals surface area contributed by atoms with Gasteiger partial charge in [-0.15, -0.1) is 0 Å². The van der Waals surface area contributed by atoms with E-state index in [1.54, 1.807) is 19.2 Å². The molecule has 0 heterocycles. The highest BCUT2D eigenvalue weighted by Crippen LogP contribution is 2.24. The van der Waals surface area contributed by atoms with Crippen molar-refractivity contribution in [2.75, 3.05) is 13.7 Å². The van der Waals surface area contributed by atoms with Crippen LogP contribution >= 0.6 is 0 Å². The van der Waals surface area contributed by atoms with E-state index in [2.05, 4.69) is 5.32 Å². The number of methoxy groups -OCH3 is 1. The number of phenols is 2. The van der Waals surface area contributed by atoms with E-state index in [1.807, 2.05) is 13.8 Å². The Morgan fingerprint density at radius 2 is 1.75 bits per heavy atom. The summed E-state index contributed by atoms with van der Waals surface area (Å²) >= 11 is 0. The molecule has 0 aromatic heterocycles. The second-order valence-electron chi connectivity index (χ2n) is 4.03. The molecule has 4 nitrogen and oxygen atoms in total. The van der Waals surface area contributed by atoms with Crippen LogP contribution in [0.2, 0.25) is 0 Å². The van der Waals surface area contributed by atoms with Gasteiger partial charge in [-0.2, -0.15) is 0 Å². The monoisotopic (exact) mass is 225 g/mol. The lowest BCUT2D eigenvalue weighted by atomic mass is 10.1. The first-order valence-corrected chi connectivity index (χ1v) is 5.31. The fourth-order valence-electron chi connectivity index (χ4n) is 1.69. The van der Waals surface area contributed by atoms with Crippen molar-refractivity contribution in [3.8, 4) is 11.5 Å². The minimum atomic E-state index is 0.0446. The molecule has 0 aliphatic carbocycles. The summed E-state index contributed by atoms with van der Waals surface area (Å²) < 4.78 is 5.03. The van der Waals surface area contributed by atoms with E-state index in [9.17, 15) is 10.2 Å². The smallest absolute Gasteiger partial charge is 0.119 e. The predicted octanol–water partition coefficient (Wildman–Crippen LogP) is 1.78. The van der Waals surface area contributed by atoms with E-state index in [0.717, 1.165) is 5.56 Å². The van der Waals surface area contributed by atoms with Gasteiger partial charge in [-0.1, -0.05) is 0 Å². The summed E-state index contributed by atoms with van der Waals surface area (Å²) in [5, 5.41) is 22.0. The molecule has 0 spiro atoms. The van der Waals surface area contributed by atoms with Gasteiger partial charge in [-0.05, 0) is 31.5 Å². The van der Waals surface area contributed by atoms with Gasteiger partial charge >= 0.3 is 0 Å². The van der Waals surface area contributed by atoms with Crippen molar-refractivity contribution >= 4 is 0 Å². The Morgan fingerprint density at radius 3 is 2.25 bits per heavy atom. The molecule has 2 atom stereocenters. The van der Waals surface area contributed by atoms with Gasteiger partial charge in [0.1, 0.15) is 11.5 Å². The Balaban J connectivity index is 2.68. The van der Waals surface area contributed by atoms with E-state index < -0.39 is 0 Å². The van der Waals surface area contributed by atoms with Crippen molar-refractivity contribution < 1.29 is 14.9 Å². The van der Waals surface area contributed by atoms with Crippen molar-refractivity contribution in [2.24, 2.45) is 0 Å². The van der Waals surface area contributed by atoms with Gasteiger partial charge in [-0.25, -0.2) is 0 Å². The number of ether oxygens (including phenoxy) is 1. The van der Waals surface area contributed by atoms with Gasteiger partial charge < -0.3 is 20.3 Å². The Kier molecular flexibility index (Phi) is 4.58. The summed E-state index contributed by atoms with van der Waals surface area (Å²) in [7, 11) is 1.66. The van der Waals surface area contributed by atoms with Gasteiger partial charge in [-0.3, -0.25) is 0 Å². The molecular weight excluding hydrogens is 206 g/mol. The molecule has 16 heavy (non-hydrogen) atoms. The number of hydrogen-bond donors (Lipinski definition) is 3. The normalized spacial score (nSPS) is 14.7. The quantitative estimate of drug-likeness (QED) is 0.715. The van der Waals surface area contributed by atoms with Crippen LogP contribution in [-0.4, -0.2) is 30.0 Å². The third-order valence-corrected chi connectivity index (χ3v) is 2.38. The van der Waals surface area contributed by atoms with E-state index in [-0.39, 0.29) is 23.6 Å². The first-order chi connectivity index (χ1) is 7.52. The molecule has 1 aromatic carbocycles. The van der Waals surface area contributed by atoms with Crippen molar-refractivity contribution in [3.63, 3.8) is 0 Å². The molecule has 1 rings (SSSR count). The molecule has 0 radical (unpaired) electrons. The third kappa shape index (κ3) is 3.72. The molecule has 90 valence electrons. The molecule has 0 saturated heterocycles. The topological polar surface area (TPSA) is 61.7 Å². The SMILES string of the molecule is COCC(C)NC(C)c1cc(O)cc(O)c1. The van der Waals surface area contributed by atoms with E-state index in [1.165, 1.54) is 6.07 Å². The number of phenolic OH excluding ortho intramolecular Hbond substituents is 2. The fraction of sp³-hybridized carbons (Fsp3) is 0.500. The maximum atomic E-state index is 9.37. The zero-order valence-electron chi connectivity index (χ0n) is 9.90. The zero-order chi connectivity index (χ0) is 12.1. The van der Waals surface area contributed by atoms with Crippen molar-refractivity contribution in [1.82, 2.24) is 5.32 Å².